The van der Waals surface area contributed by atoms with E-state index in [-0.39, 0.29) is 13.0 Å². The first kappa shape index (κ1) is 17.4. The van der Waals surface area contributed by atoms with Crippen molar-refractivity contribution in [1.29, 1.82) is 5.26 Å². The monoisotopic (exact) mass is 347 g/mol. The SMILES string of the molecule is CCN(CCC#N)S(=O)(=O)N1CC[C@@H]2C[C@@H](c3ccccc3)[C@@H]2C1. The maximum Gasteiger partial charge on any atom is 0.282 e. The molecule has 6 heteroatoms. The van der Waals surface area contributed by atoms with Gasteiger partial charge in [-0.05, 0) is 36.2 Å². The molecule has 130 valence electrons. The summed E-state index contributed by atoms with van der Waals surface area (Å²) in [6, 6.07) is 12.5. The molecule has 3 atom stereocenters. The number of fused-ring (bicyclic) bond motifs is 1. The van der Waals surface area contributed by atoms with Crippen molar-refractivity contribution >= 4 is 10.2 Å². The fraction of sp³-hybridized carbons (Fsp3) is 0.611. The fourth-order valence-electron chi connectivity index (χ4n) is 4.12. The average molecular weight is 347 g/mol. The smallest absolute Gasteiger partial charge is 0.198 e. The van der Waals surface area contributed by atoms with Crippen LogP contribution < -0.4 is 0 Å². The van der Waals surface area contributed by atoms with Gasteiger partial charge in [-0.3, -0.25) is 0 Å². The molecule has 2 fully saturated rings. The summed E-state index contributed by atoms with van der Waals surface area (Å²) in [7, 11) is -3.46. The van der Waals surface area contributed by atoms with E-state index in [2.05, 4.69) is 24.3 Å². The number of nitriles is 1. The van der Waals surface area contributed by atoms with Crippen molar-refractivity contribution in [2.24, 2.45) is 11.8 Å². The van der Waals surface area contributed by atoms with Crippen molar-refractivity contribution in [2.75, 3.05) is 26.2 Å². The number of piperidine rings is 1. The molecule has 0 spiro atoms. The lowest BCUT2D eigenvalue weighted by molar-refractivity contribution is 0.0548. The summed E-state index contributed by atoms with van der Waals surface area (Å²) in [5.74, 6) is 1.55. The Bertz CT molecular complexity index is 699. The molecule has 1 aromatic rings. The van der Waals surface area contributed by atoms with Gasteiger partial charge in [0.05, 0.1) is 6.07 Å². The van der Waals surface area contributed by atoms with Crippen molar-refractivity contribution < 1.29 is 8.42 Å². The van der Waals surface area contributed by atoms with Gasteiger partial charge in [-0.2, -0.15) is 22.3 Å². The van der Waals surface area contributed by atoms with Gasteiger partial charge < -0.3 is 0 Å². The molecule has 0 bridgehead atoms. The summed E-state index contributed by atoms with van der Waals surface area (Å²) in [6.45, 7) is 3.74. The average Bonchev–Trinajstić information content (AvgIpc) is 2.57. The Balaban J connectivity index is 1.71. The highest BCUT2D eigenvalue weighted by Gasteiger charge is 2.47. The number of nitrogens with zero attached hydrogens (tertiary/aromatic N) is 3. The third kappa shape index (κ3) is 3.21. The lowest BCUT2D eigenvalue weighted by atomic mass is 9.60. The van der Waals surface area contributed by atoms with E-state index >= 15 is 0 Å². The third-order valence-corrected chi connectivity index (χ3v) is 7.63. The molecule has 0 radical (unpaired) electrons. The molecule has 5 nitrogen and oxygen atoms in total. The van der Waals surface area contributed by atoms with Gasteiger partial charge in [0.2, 0.25) is 0 Å². The van der Waals surface area contributed by atoms with Gasteiger partial charge in [0.1, 0.15) is 0 Å². The van der Waals surface area contributed by atoms with Gasteiger partial charge in [-0.25, -0.2) is 0 Å². The van der Waals surface area contributed by atoms with Gasteiger partial charge in [0.15, 0.2) is 0 Å². The fourth-order valence-corrected chi connectivity index (χ4v) is 5.79. The van der Waals surface area contributed by atoms with Crippen LogP contribution in [0, 0.1) is 23.2 Å². The van der Waals surface area contributed by atoms with Crippen LogP contribution in [-0.2, 0) is 10.2 Å². The first-order chi connectivity index (χ1) is 11.6. The van der Waals surface area contributed by atoms with Crippen LogP contribution in [0.25, 0.3) is 0 Å². The van der Waals surface area contributed by atoms with Gasteiger partial charge in [-0.1, -0.05) is 37.3 Å². The standard InChI is InChI=1S/C18H25N3O2S/c1-2-20(11-6-10-19)24(22,23)21-12-9-16-13-17(18(16)14-21)15-7-4-3-5-8-15/h3-5,7-8,16-18H,2,6,9,11-14H2,1H3/t16-,17+,18-/m1/s1. The van der Waals surface area contributed by atoms with E-state index in [1.165, 1.54) is 16.3 Å². The van der Waals surface area contributed by atoms with Crippen molar-refractivity contribution in [3.05, 3.63) is 35.9 Å². The number of hydrogen-bond donors (Lipinski definition) is 0. The molecule has 3 rings (SSSR count). The third-order valence-electron chi connectivity index (χ3n) is 5.55. The van der Waals surface area contributed by atoms with Crippen LogP contribution in [0.3, 0.4) is 0 Å². The highest BCUT2D eigenvalue weighted by Crippen LogP contribution is 2.51. The molecule has 1 aliphatic carbocycles. The van der Waals surface area contributed by atoms with Crippen LogP contribution in [-0.4, -0.2) is 43.2 Å². The summed E-state index contributed by atoms with van der Waals surface area (Å²) in [4.78, 5) is 0. The summed E-state index contributed by atoms with van der Waals surface area (Å²) in [5.41, 5.74) is 1.33. The zero-order chi connectivity index (χ0) is 17.2. The molecule has 0 N–H and O–H groups in total. The minimum atomic E-state index is -3.46. The summed E-state index contributed by atoms with van der Waals surface area (Å²) in [6.07, 6.45) is 2.36. The zero-order valence-electron chi connectivity index (χ0n) is 14.1. The highest BCUT2D eigenvalue weighted by atomic mass is 32.2. The molecule has 1 heterocycles. The Morgan fingerprint density at radius 1 is 1.33 bits per heavy atom. The minimum Gasteiger partial charge on any atom is -0.198 e. The Hall–Kier alpha value is -1.42. The molecule has 1 saturated heterocycles. The molecule has 24 heavy (non-hydrogen) atoms. The molecule has 0 amide bonds. The Morgan fingerprint density at radius 2 is 2.08 bits per heavy atom. The largest absolute Gasteiger partial charge is 0.282 e. The normalized spacial score (nSPS) is 27.3. The van der Waals surface area contributed by atoms with Crippen LogP contribution in [0.4, 0.5) is 0 Å². The summed E-state index contributed by atoms with van der Waals surface area (Å²) >= 11 is 0. The van der Waals surface area contributed by atoms with E-state index in [4.69, 9.17) is 5.26 Å². The van der Waals surface area contributed by atoms with Gasteiger partial charge in [-0.15, -0.1) is 0 Å². The van der Waals surface area contributed by atoms with Gasteiger partial charge >= 0.3 is 0 Å². The summed E-state index contributed by atoms with van der Waals surface area (Å²) < 4.78 is 28.8. The molecule has 0 aromatic heterocycles. The lowest BCUT2D eigenvalue weighted by Crippen LogP contribution is -2.54. The van der Waals surface area contributed by atoms with E-state index in [0.717, 1.165) is 6.42 Å². The Labute approximate surface area is 145 Å². The second-order valence-electron chi connectivity index (χ2n) is 6.73. The maximum atomic E-state index is 12.9. The molecular formula is C18H25N3O2S. The first-order valence-electron chi connectivity index (χ1n) is 8.75. The predicted molar refractivity (Wildman–Crippen MR) is 93.4 cm³/mol. The van der Waals surface area contributed by atoms with Crippen molar-refractivity contribution in [3.63, 3.8) is 0 Å². The van der Waals surface area contributed by atoms with Crippen LogP contribution in [0.1, 0.15) is 37.7 Å². The Kier molecular flexibility index (Phi) is 5.24. The van der Waals surface area contributed by atoms with Crippen molar-refractivity contribution in [2.45, 2.75) is 32.1 Å². The highest BCUT2D eigenvalue weighted by molar-refractivity contribution is 7.86. The van der Waals surface area contributed by atoms with E-state index in [0.29, 0.717) is 37.4 Å². The van der Waals surface area contributed by atoms with Gasteiger partial charge in [0, 0.05) is 32.6 Å². The number of rotatable bonds is 6. The van der Waals surface area contributed by atoms with Crippen LogP contribution in [0.5, 0.6) is 0 Å². The summed E-state index contributed by atoms with van der Waals surface area (Å²) in [5, 5.41) is 8.75. The van der Waals surface area contributed by atoms with Crippen molar-refractivity contribution in [1.82, 2.24) is 8.61 Å². The van der Waals surface area contributed by atoms with Gasteiger partial charge in [0.25, 0.3) is 10.2 Å². The quantitative estimate of drug-likeness (QED) is 0.794. The number of benzene rings is 1. The topological polar surface area (TPSA) is 64.4 Å². The molecule has 1 saturated carbocycles. The number of hydrogen-bond acceptors (Lipinski definition) is 3. The molecular weight excluding hydrogens is 322 g/mol. The lowest BCUT2D eigenvalue weighted by Gasteiger charge is -2.51. The first-order valence-corrected chi connectivity index (χ1v) is 10.1. The van der Waals surface area contributed by atoms with Crippen molar-refractivity contribution in [3.8, 4) is 6.07 Å². The van der Waals surface area contributed by atoms with E-state index in [9.17, 15) is 8.42 Å². The second-order valence-corrected chi connectivity index (χ2v) is 8.66. The van der Waals surface area contributed by atoms with E-state index in [1.807, 2.05) is 19.1 Å². The Morgan fingerprint density at radius 3 is 2.75 bits per heavy atom. The molecule has 0 unspecified atom stereocenters. The molecule has 1 aliphatic heterocycles. The van der Waals surface area contributed by atoms with E-state index < -0.39 is 10.2 Å². The molecule has 2 aliphatic rings. The van der Waals surface area contributed by atoms with Crippen LogP contribution in [0.15, 0.2) is 30.3 Å². The predicted octanol–water partition coefficient (Wildman–Crippen LogP) is 2.59. The second kappa shape index (κ2) is 7.22. The van der Waals surface area contributed by atoms with E-state index in [1.54, 1.807) is 4.31 Å². The van der Waals surface area contributed by atoms with Crippen LogP contribution in [0.2, 0.25) is 0 Å². The molecule has 1 aromatic carbocycles. The maximum absolute atomic E-state index is 12.9. The zero-order valence-corrected chi connectivity index (χ0v) is 15.0. The van der Waals surface area contributed by atoms with Crippen LogP contribution >= 0.6 is 0 Å². The minimum absolute atomic E-state index is 0.236.